The average Bonchev–Trinajstić information content (AvgIpc) is 2.90. The van der Waals surface area contributed by atoms with Gasteiger partial charge < -0.3 is 10.2 Å². The molecule has 1 amide bonds. The summed E-state index contributed by atoms with van der Waals surface area (Å²) in [7, 11) is 0. The molecule has 2 unspecified atom stereocenters. The van der Waals surface area contributed by atoms with Gasteiger partial charge in [0.05, 0.1) is 16.5 Å². The lowest BCUT2D eigenvalue weighted by Crippen LogP contribution is -2.47. The van der Waals surface area contributed by atoms with Crippen LogP contribution in [0.3, 0.4) is 0 Å². The van der Waals surface area contributed by atoms with Crippen LogP contribution in [0.2, 0.25) is 10.0 Å². The molecule has 0 aliphatic carbocycles. The van der Waals surface area contributed by atoms with Gasteiger partial charge in [0.15, 0.2) is 0 Å². The van der Waals surface area contributed by atoms with Crippen LogP contribution < -0.4 is 5.32 Å². The van der Waals surface area contributed by atoms with Gasteiger partial charge in [0, 0.05) is 19.1 Å². The third kappa shape index (κ3) is 2.95. The Balaban J connectivity index is 1.62. The van der Waals surface area contributed by atoms with Crippen LogP contribution in [0.5, 0.6) is 0 Å². The Morgan fingerprint density at radius 2 is 2.15 bits per heavy atom. The standard InChI is InChI=1S/C15H18Cl2N2O/c16-12-2-1-10(7-13(12)17)8-15(20)19-6-4-14-11(9-19)3-5-18-14/h1-2,7,11,14,18H,3-6,8-9H2. The molecule has 2 heterocycles. The Bertz CT molecular complexity index is 521. The maximum absolute atomic E-state index is 12.4. The van der Waals surface area contributed by atoms with E-state index >= 15 is 0 Å². The van der Waals surface area contributed by atoms with Crippen LogP contribution >= 0.6 is 23.2 Å². The van der Waals surface area contributed by atoms with Gasteiger partial charge in [-0.05, 0) is 43.0 Å². The van der Waals surface area contributed by atoms with Crippen molar-refractivity contribution in [2.24, 2.45) is 5.92 Å². The zero-order chi connectivity index (χ0) is 14.1. The van der Waals surface area contributed by atoms with Gasteiger partial charge in [0.1, 0.15) is 0 Å². The second-order valence-electron chi connectivity index (χ2n) is 5.66. The molecule has 0 saturated carbocycles. The minimum absolute atomic E-state index is 0.189. The molecule has 2 fully saturated rings. The van der Waals surface area contributed by atoms with Gasteiger partial charge in [-0.15, -0.1) is 0 Å². The van der Waals surface area contributed by atoms with E-state index in [1.807, 2.05) is 11.0 Å². The van der Waals surface area contributed by atoms with Crippen molar-refractivity contribution in [3.63, 3.8) is 0 Å². The number of nitrogens with zero attached hydrogens (tertiary/aromatic N) is 1. The topological polar surface area (TPSA) is 32.3 Å². The van der Waals surface area contributed by atoms with Gasteiger partial charge >= 0.3 is 0 Å². The Hall–Kier alpha value is -0.770. The molecular weight excluding hydrogens is 295 g/mol. The highest BCUT2D eigenvalue weighted by Gasteiger charge is 2.34. The van der Waals surface area contributed by atoms with Crippen molar-refractivity contribution in [3.05, 3.63) is 33.8 Å². The third-order valence-electron chi connectivity index (χ3n) is 4.35. The van der Waals surface area contributed by atoms with Gasteiger partial charge in [-0.25, -0.2) is 0 Å². The zero-order valence-corrected chi connectivity index (χ0v) is 12.8. The summed E-state index contributed by atoms with van der Waals surface area (Å²) in [5, 5.41) is 4.55. The predicted octanol–water partition coefficient (Wildman–Crippen LogP) is 2.75. The lowest BCUT2D eigenvalue weighted by atomic mass is 9.93. The van der Waals surface area contributed by atoms with Crippen LogP contribution in [-0.2, 0) is 11.2 Å². The Morgan fingerprint density at radius 3 is 2.95 bits per heavy atom. The highest BCUT2D eigenvalue weighted by Crippen LogP contribution is 2.26. The van der Waals surface area contributed by atoms with Crippen LogP contribution in [0, 0.1) is 5.92 Å². The zero-order valence-electron chi connectivity index (χ0n) is 11.2. The molecule has 108 valence electrons. The molecule has 5 heteroatoms. The van der Waals surface area contributed by atoms with Gasteiger partial charge in [0.2, 0.25) is 5.91 Å². The largest absolute Gasteiger partial charge is 0.342 e. The van der Waals surface area contributed by atoms with Crippen molar-refractivity contribution < 1.29 is 4.79 Å². The van der Waals surface area contributed by atoms with Crippen molar-refractivity contribution in [2.75, 3.05) is 19.6 Å². The summed E-state index contributed by atoms with van der Waals surface area (Å²) < 4.78 is 0. The minimum Gasteiger partial charge on any atom is -0.342 e. The second-order valence-corrected chi connectivity index (χ2v) is 6.48. The van der Waals surface area contributed by atoms with Gasteiger partial charge in [-0.3, -0.25) is 4.79 Å². The Kier molecular flexibility index (Phi) is 4.20. The molecule has 1 aromatic carbocycles. The van der Waals surface area contributed by atoms with Crippen LogP contribution in [0.15, 0.2) is 18.2 Å². The van der Waals surface area contributed by atoms with E-state index in [2.05, 4.69) is 5.32 Å². The van der Waals surface area contributed by atoms with Crippen LogP contribution in [0.25, 0.3) is 0 Å². The number of carbonyl (C=O) groups excluding carboxylic acids is 1. The summed E-state index contributed by atoms with van der Waals surface area (Å²) in [5.41, 5.74) is 0.927. The number of hydrogen-bond donors (Lipinski definition) is 1. The summed E-state index contributed by atoms with van der Waals surface area (Å²) >= 11 is 11.9. The number of nitrogens with one attached hydrogen (secondary N) is 1. The maximum atomic E-state index is 12.4. The highest BCUT2D eigenvalue weighted by molar-refractivity contribution is 6.42. The number of halogens is 2. The minimum atomic E-state index is 0.189. The van der Waals surface area contributed by atoms with E-state index in [0.717, 1.165) is 31.6 Å². The summed E-state index contributed by atoms with van der Waals surface area (Å²) in [6, 6.07) is 6.02. The van der Waals surface area contributed by atoms with E-state index in [9.17, 15) is 4.79 Å². The maximum Gasteiger partial charge on any atom is 0.227 e. The van der Waals surface area contributed by atoms with Crippen LogP contribution in [0.1, 0.15) is 18.4 Å². The van der Waals surface area contributed by atoms with Crippen molar-refractivity contribution >= 4 is 29.1 Å². The number of benzene rings is 1. The molecule has 3 rings (SSSR count). The normalized spacial score (nSPS) is 25.6. The predicted molar refractivity (Wildman–Crippen MR) is 81.3 cm³/mol. The molecule has 2 aliphatic heterocycles. The Labute approximate surface area is 129 Å². The third-order valence-corrected chi connectivity index (χ3v) is 5.09. The molecule has 0 bridgehead atoms. The molecular formula is C15H18Cl2N2O. The van der Waals surface area contributed by atoms with Crippen molar-refractivity contribution in [1.29, 1.82) is 0 Å². The SMILES string of the molecule is O=C(Cc1ccc(Cl)c(Cl)c1)N1CCC2NCCC2C1. The number of hydrogen-bond acceptors (Lipinski definition) is 2. The fraction of sp³-hybridized carbons (Fsp3) is 0.533. The summed E-state index contributed by atoms with van der Waals surface area (Å²) in [6.07, 6.45) is 2.65. The molecule has 20 heavy (non-hydrogen) atoms. The van der Waals surface area contributed by atoms with Crippen molar-refractivity contribution in [3.8, 4) is 0 Å². The first-order valence-corrected chi connectivity index (χ1v) is 7.84. The highest BCUT2D eigenvalue weighted by atomic mass is 35.5. The number of rotatable bonds is 2. The average molecular weight is 313 g/mol. The summed E-state index contributed by atoms with van der Waals surface area (Å²) in [5.74, 6) is 0.815. The first-order chi connectivity index (χ1) is 9.63. The van der Waals surface area contributed by atoms with E-state index in [4.69, 9.17) is 23.2 Å². The fourth-order valence-corrected chi connectivity index (χ4v) is 3.53. The number of carbonyl (C=O) groups is 1. The molecule has 2 aliphatic rings. The number of fused-ring (bicyclic) bond motifs is 1. The molecule has 3 nitrogen and oxygen atoms in total. The van der Waals surface area contributed by atoms with E-state index in [1.165, 1.54) is 6.42 Å². The van der Waals surface area contributed by atoms with E-state index in [-0.39, 0.29) is 5.91 Å². The smallest absolute Gasteiger partial charge is 0.227 e. The first kappa shape index (κ1) is 14.2. The second kappa shape index (κ2) is 5.92. The fourth-order valence-electron chi connectivity index (χ4n) is 3.21. The van der Waals surface area contributed by atoms with E-state index in [1.54, 1.807) is 12.1 Å². The molecule has 0 spiro atoms. The molecule has 1 N–H and O–H groups in total. The first-order valence-electron chi connectivity index (χ1n) is 7.08. The molecule has 1 aromatic rings. The van der Waals surface area contributed by atoms with Gasteiger partial charge in [0.25, 0.3) is 0 Å². The van der Waals surface area contributed by atoms with Gasteiger partial charge in [-0.1, -0.05) is 29.3 Å². The molecule has 0 aromatic heterocycles. The summed E-state index contributed by atoms with van der Waals surface area (Å²) in [4.78, 5) is 14.4. The quantitative estimate of drug-likeness (QED) is 0.910. The van der Waals surface area contributed by atoms with Crippen LogP contribution in [0.4, 0.5) is 0 Å². The van der Waals surface area contributed by atoms with E-state index in [0.29, 0.717) is 28.4 Å². The Morgan fingerprint density at radius 1 is 1.30 bits per heavy atom. The summed E-state index contributed by atoms with van der Waals surface area (Å²) in [6.45, 7) is 2.83. The van der Waals surface area contributed by atoms with Crippen molar-refractivity contribution in [2.45, 2.75) is 25.3 Å². The lowest BCUT2D eigenvalue weighted by Gasteiger charge is -2.35. The molecule has 2 saturated heterocycles. The number of likely N-dealkylation sites (tertiary alicyclic amines) is 1. The van der Waals surface area contributed by atoms with Gasteiger partial charge in [-0.2, -0.15) is 0 Å². The number of amides is 1. The lowest BCUT2D eigenvalue weighted by molar-refractivity contribution is -0.132. The van der Waals surface area contributed by atoms with E-state index < -0.39 is 0 Å². The molecule has 2 atom stereocenters. The molecule has 0 radical (unpaired) electrons. The van der Waals surface area contributed by atoms with Crippen LogP contribution in [-0.4, -0.2) is 36.5 Å². The number of piperidine rings is 1. The van der Waals surface area contributed by atoms with Crippen molar-refractivity contribution in [1.82, 2.24) is 10.2 Å². The monoisotopic (exact) mass is 312 g/mol.